The highest BCUT2D eigenvalue weighted by Gasteiger charge is 2.76. The number of hydroxylamine groups is 2. The number of hydrogen-bond donors (Lipinski definition) is 3. The molecule has 2 amide bonds. The molecule has 0 aromatic heterocycles. The van der Waals surface area contributed by atoms with Crippen molar-refractivity contribution in [3.05, 3.63) is 41.5 Å². The second kappa shape index (κ2) is 21.0. The Bertz CT molecular complexity index is 1900. The van der Waals surface area contributed by atoms with Crippen molar-refractivity contribution in [2.24, 2.45) is 10.8 Å². The van der Waals surface area contributed by atoms with Gasteiger partial charge in [-0.3, -0.25) is 24.0 Å². The minimum absolute atomic E-state index is 0.00226. The minimum atomic E-state index is -1.46. The summed E-state index contributed by atoms with van der Waals surface area (Å²) in [6.07, 6.45) is 5.86. The van der Waals surface area contributed by atoms with E-state index in [-0.39, 0.29) is 52.0 Å². The quantitative estimate of drug-likeness (QED) is 0.0620. The van der Waals surface area contributed by atoms with Gasteiger partial charge in [-0.25, -0.2) is 9.59 Å². The molecule has 2 bridgehead atoms. The van der Waals surface area contributed by atoms with Gasteiger partial charge in [0.15, 0.2) is 11.8 Å². The van der Waals surface area contributed by atoms with E-state index in [0.717, 1.165) is 44.1 Å². The number of rotatable bonds is 22. The number of aliphatic hydroxyl groups is 1. The third-order valence-corrected chi connectivity index (χ3v) is 12.8. The first-order chi connectivity index (χ1) is 30.8. The second-order valence-corrected chi connectivity index (χ2v) is 19.8. The van der Waals surface area contributed by atoms with Gasteiger partial charge in [-0.05, 0) is 57.2 Å². The second-order valence-electron chi connectivity index (χ2n) is 19.8. The van der Waals surface area contributed by atoms with Crippen molar-refractivity contribution >= 4 is 41.8 Å². The zero-order valence-corrected chi connectivity index (χ0v) is 39.0. The fourth-order valence-corrected chi connectivity index (χ4v) is 9.51. The largest absolute Gasteiger partial charge is 0.462 e. The molecule has 5 fully saturated rings. The third kappa shape index (κ3) is 11.8. The molecule has 1 aromatic rings. The lowest BCUT2D eigenvalue weighted by Crippen LogP contribution is -2.69. The number of nitrogens with one attached hydrogen (secondary N) is 2. The fourth-order valence-electron chi connectivity index (χ4n) is 9.51. The fraction of sp³-hybridized carbons (Fsp3) is 0.708. The Kier molecular flexibility index (Phi) is 16.2. The molecule has 4 aliphatic heterocycles. The minimum Gasteiger partial charge on any atom is -0.462 e. The van der Waals surface area contributed by atoms with Crippen LogP contribution in [-0.4, -0.2) is 120 Å². The number of nitrogens with zero attached hydrogens (tertiary/aromatic N) is 1. The topological polar surface area (TPSA) is 215 Å². The van der Waals surface area contributed by atoms with Gasteiger partial charge in [0.1, 0.15) is 42.0 Å². The number of benzene rings is 1. The number of amides is 2. The summed E-state index contributed by atoms with van der Waals surface area (Å²) in [7, 11) is 0. The van der Waals surface area contributed by atoms with Crippen molar-refractivity contribution in [2.75, 3.05) is 19.8 Å². The van der Waals surface area contributed by atoms with Gasteiger partial charge < -0.3 is 44.2 Å². The molecule has 1 aliphatic carbocycles. The number of ether oxygens (including phenoxy) is 6. The summed E-state index contributed by atoms with van der Waals surface area (Å²) < 4.78 is 35.8. The zero-order chi connectivity index (χ0) is 47.2. The summed E-state index contributed by atoms with van der Waals surface area (Å²) >= 11 is 0. The first-order valence-corrected chi connectivity index (χ1v) is 23.4. The molecule has 6 rings (SSSR count). The Balaban J connectivity index is 1.18. The summed E-state index contributed by atoms with van der Waals surface area (Å²) in [5.74, 6) is -4.19. The summed E-state index contributed by atoms with van der Waals surface area (Å²) in [5, 5.41) is 17.1. The van der Waals surface area contributed by atoms with Crippen LogP contribution in [0.1, 0.15) is 137 Å². The van der Waals surface area contributed by atoms with Crippen LogP contribution < -0.4 is 10.6 Å². The molecule has 360 valence electrons. The lowest BCUT2D eigenvalue weighted by Gasteiger charge is -2.48. The van der Waals surface area contributed by atoms with Crippen LogP contribution in [0.3, 0.4) is 0 Å². The number of fused-ring (bicyclic) bond motifs is 4. The Hall–Kier alpha value is -4.42. The van der Waals surface area contributed by atoms with Crippen molar-refractivity contribution in [3.8, 4) is 0 Å². The zero-order valence-electron chi connectivity index (χ0n) is 39.0. The van der Waals surface area contributed by atoms with E-state index in [1.54, 1.807) is 52.8 Å². The summed E-state index contributed by atoms with van der Waals surface area (Å²) in [6.45, 7) is 12.9. The van der Waals surface area contributed by atoms with E-state index in [2.05, 4.69) is 24.5 Å². The van der Waals surface area contributed by atoms with Gasteiger partial charge in [0.25, 0.3) is 0 Å². The first-order valence-electron chi connectivity index (χ1n) is 23.4. The van der Waals surface area contributed by atoms with Crippen LogP contribution in [0.15, 0.2) is 30.3 Å². The highest BCUT2D eigenvalue weighted by atomic mass is 16.8. The number of hydrogen-bond acceptors (Lipinski definition) is 15. The lowest BCUT2D eigenvalue weighted by atomic mass is 9.62. The van der Waals surface area contributed by atoms with Crippen LogP contribution in [0.4, 0.5) is 0 Å². The lowest BCUT2D eigenvalue weighted by molar-refractivity contribution is -0.224. The van der Waals surface area contributed by atoms with Gasteiger partial charge in [-0.1, -0.05) is 77.6 Å². The van der Waals surface area contributed by atoms with Crippen molar-refractivity contribution in [1.29, 1.82) is 0 Å². The highest BCUT2D eigenvalue weighted by Crippen LogP contribution is 2.58. The number of aliphatic hydroxyl groups excluding tert-OH is 1. The van der Waals surface area contributed by atoms with Gasteiger partial charge in [-0.2, -0.15) is 5.06 Å². The first kappa shape index (κ1) is 50.0. The van der Waals surface area contributed by atoms with E-state index in [9.17, 15) is 33.9 Å². The molecule has 4 saturated heterocycles. The maximum absolute atomic E-state index is 14.8. The number of cyclic esters (lactones) is 1. The van der Waals surface area contributed by atoms with Crippen LogP contribution in [0.5, 0.6) is 0 Å². The van der Waals surface area contributed by atoms with E-state index in [4.69, 9.17) is 33.3 Å². The van der Waals surface area contributed by atoms with Crippen molar-refractivity contribution in [3.63, 3.8) is 0 Å². The molecule has 65 heavy (non-hydrogen) atoms. The molecule has 4 heterocycles. The van der Waals surface area contributed by atoms with Crippen LogP contribution in [0, 0.1) is 10.8 Å². The van der Waals surface area contributed by atoms with Gasteiger partial charge in [0, 0.05) is 50.1 Å². The SMILES string of the molecule is CCCCCC1(CCCCC)O[C@@H]2[C@H](O1)[C@H]1ON(Cc3ccc(C=CC(=O)O[C@H]4C(=O)OCC4(C)C)cc3)[C@@H]3C(=O)O[C@@H]2C[C@]13C(=O)NCCC(=O)N[C@H](CO)CCC(=O)OC(C)(C)C. The number of carbonyl (C=O) groups excluding carboxylic acids is 6. The Labute approximate surface area is 381 Å². The molecule has 1 saturated carbocycles. The molecule has 0 radical (unpaired) electrons. The molecule has 1 aromatic carbocycles. The Morgan fingerprint density at radius 3 is 2.25 bits per heavy atom. The third-order valence-electron chi connectivity index (χ3n) is 12.8. The van der Waals surface area contributed by atoms with Gasteiger partial charge >= 0.3 is 23.9 Å². The van der Waals surface area contributed by atoms with E-state index in [0.29, 0.717) is 18.4 Å². The van der Waals surface area contributed by atoms with Crippen LogP contribution in [0.2, 0.25) is 0 Å². The number of esters is 4. The molecular formula is C48H69N3O14. The monoisotopic (exact) mass is 911 g/mol. The van der Waals surface area contributed by atoms with E-state index < -0.39 is 101 Å². The van der Waals surface area contributed by atoms with Gasteiger partial charge in [-0.15, -0.1) is 0 Å². The molecule has 5 aliphatic rings. The normalized spacial score (nSPS) is 28.0. The predicted octanol–water partition coefficient (Wildman–Crippen LogP) is 4.74. The molecule has 0 unspecified atom stereocenters. The molecule has 0 spiro atoms. The standard InChI is InChI=1S/C48H69N3O14/c1-8-10-12-23-47(24-13-11-9-2)63-37-33-26-48(44(58)49-25-22-34(53)50-32(28-52)19-21-36(55)62-45(3,4)5)39(42(56)60-33)51(65-40(48)38(37)64-47)27-31-16-14-30(15-17-31)18-20-35(54)61-41-43(57)59-29-46(41,6)7/h14-18,20,32-33,37-41,52H,8-13,19,21-29H2,1-7H3,(H,49,58)(H,50,53)/t32-,33+,37-,38-,39+,40+,41-,48+/m0/s1. The summed E-state index contributed by atoms with van der Waals surface area (Å²) in [4.78, 5) is 85.8. The van der Waals surface area contributed by atoms with Crippen LogP contribution in [0.25, 0.3) is 6.08 Å². The average molecular weight is 912 g/mol. The maximum Gasteiger partial charge on any atom is 0.348 e. The van der Waals surface area contributed by atoms with Crippen LogP contribution >= 0.6 is 0 Å². The highest BCUT2D eigenvalue weighted by molar-refractivity contribution is 5.94. The Morgan fingerprint density at radius 1 is 0.954 bits per heavy atom. The van der Waals surface area contributed by atoms with E-state index in [1.165, 1.54) is 11.1 Å². The summed E-state index contributed by atoms with van der Waals surface area (Å²) in [6, 6.07) is 5.33. The van der Waals surface area contributed by atoms with E-state index >= 15 is 0 Å². The predicted molar refractivity (Wildman–Crippen MR) is 234 cm³/mol. The van der Waals surface area contributed by atoms with Crippen molar-refractivity contribution in [1.82, 2.24) is 15.7 Å². The van der Waals surface area contributed by atoms with Gasteiger partial charge in [0.05, 0.1) is 19.2 Å². The average Bonchev–Trinajstić information content (AvgIpc) is 3.88. The Morgan fingerprint density at radius 2 is 1.63 bits per heavy atom. The van der Waals surface area contributed by atoms with E-state index in [1.807, 2.05) is 12.1 Å². The van der Waals surface area contributed by atoms with Crippen molar-refractivity contribution < 1.29 is 67.1 Å². The summed E-state index contributed by atoms with van der Waals surface area (Å²) in [5.41, 5.74) is -1.36. The molecule has 3 N–H and O–H groups in total. The van der Waals surface area contributed by atoms with Gasteiger partial charge in [0.2, 0.25) is 17.9 Å². The van der Waals surface area contributed by atoms with Crippen molar-refractivity contribution in [2.45, 2.75) is 186 Å². The molecule has 8 atom stereocenters. The number of carbonyl (C=O) groups is 6. The maximum atomic E-state index is 14.8. The smallest absolute Gasteiger partial charge is 0.348 e. The molecule has 17 heteroatoms. The molecular weight excluding hydrogens is 843 g/mol. The number of unbranched alkanes of at least 4 members (excludes halogenated alkanes) is 4. The molecule has 17 nitrogen and oxygen atoms in total. The van der Waals surface area contributed by atoms with Crippen LogP contribution in [-0.2, 0) is 68.6 Å².